The number of fused-ring (bicyclic) bond motifs is 1. The minimum Gasteiger partial charge on any atom is -0.349 e. The van der Waals surface area contributed by atoms with E-state index in [9.17, 15) is 9.59 Å². The van der Waals surface area contributed by atoms with Gasteiger partial charge in [0.2, 0.25) is 11.9 Å². The zero-order chi connectivity index (χ0) is 19.7. The molecule has 8 nitrogen and oxygen atoms in total. The van der Waals surface area contributed by atoms with Gasteiger partial charge in [0.15, 0.2) is 0 Å². The van der Waals surface area contributed by atoms with Crippen molar-refractivity contribution in [1.29, 1.82) is 0 Å². The van der Waals surface area contributed by atoms with E-state index in [1.807, 2.05) is 0 Å². The van der Waals surface area contributed by atoms with E-state index in [1.54, 1.807) is 42.3 Å². The van der Waals surface area contributed by atoms with Crippen LogP contribution in [0.25, 0.3) is 5.95 Å². The molecule has 1 fully saturated rings. The number of amides is 2. The molecule has 0 aromatic carbocycles. The highest BCUT2D eigenvalue weighted by molar-refractivity contribution is 5.94. The normalized spacial score (nSPS) is 21.2. The lowest BCUT2D eigenvalue weighted by Gasteiger charge is -2.30. The Morgan fingerprint density at radius 2 is 1.93 bits per heavy atom. The Hall–Kier alpha value is -2.77. The van der Waals surface area contributed by atoms with Crippen molar-refractivity contribution in [3.63, 3.8) is 0 Å². The van der Waals surface area contributed by atoms with Crippen molar-refractivity contribution in [2.45, 2.75) is 51.0 Å². The summed E-state index contributed by atoms with van der Waals surface area (Å²) in [7, 11) is 3.59. The summed E-state index contributed by atoms with van der Waals surface area (Å²) in [6.07, 6.45) is 11.1. The van der Waals surface area contributed by atoms with Crippen LogP contribution in [-0.2, 0) is 17.6 Å². The van der Waals surface area contributed by atoms with Crippen LogP contribution in [0.15, 0.2) is 18.7 Å². The van der Waals surface area contributed by atoms with Crippen LogP contribution in [-0.4, -0.2) is 56.4 Å². The fraction of sp³-hybridized carbons (Fsp3) is 0.550. The van der Waals surface area contributed by atoms with Crippen molar-refractivity contribution in [2.24, 2.45) is 5.92 Å². The van der Waals surface area contributed by atoms with Gasteiger partial charge >= 0.3 is 0 Å². The van der Waals surface area contributed by atoms with E-state index in [-0.39, 0.29) is 23.8 Å². The number of aryl methyl sites for hydroxylation is 1. The number of imidazole rings is 1. The van der Waals surface area contributed by atoms with Gasteiger partial charge in [0.1, 0.15) is 12.0 Å². The van der Waals surface area contributed by atoms with E-state index in [1.165, 1.54) is 0 Å². The third kappa shape index (κ3) is 3.63. The van der Waals surface area contributed by atoms with Crippen LogP contribution in [0.2, 0.25) is 0 Å². The molecule has 4 rings (SSSR count). The Balaban J connectivity index is 1.48. The summed E-state index contributed by atoms with van der Waals surface area (Å²) >= 11 is 0. The summed E-state index contributed by atoms with van der Waals surface area (Å²) in [6, 6.07) is 0.0856. The zero-order valence-electron chi connectivity index (χ0n) is 16.4. The summed E-state index contributed by atoms with van der Waals surface area (Å²) in [6.45, 7) is 0. The van der Waals surface area contributed by atoms with Crippen molar-refractivity contribution in [3.8, 4) is 5.95 Å². The first-order chi connectivity index (χ1) is 13.5. The van der Waals surface area contributed by atoms with Gasteiger partial charge in [-0.15, -0.1) is 0 Å². The first-order valence-electron chi connectivity index (χ1n) is 9.93. The van der Waals surface area contributed by atoms with E-state index in [0.717, 1.165) is 56.2 Å². The first kappa shape index (κ1) is 18.6. The second-order valence-corrected chi connectivity index (χ2v) is 7.88. The molecule has 2 heterocycles. The first-order valence-corrected chi connectivity index (χ1v) is 9.93. The molecule has 28 heavy (non-hydrogen) atoms. The average Bonchev–Trinajstić information content (AvgIpc) is 3.38. The van der Waals surface area contributed by atoms with Gasteiger partial charge in [-0.1, -0.05) is 0 Å². The van der Waals surface area contributed by atoms with E-state index in [2.05, 4.69) is 20.3 Å². The topological polar surface area (TPSA) is 93.0 Å². The monoisotopic (exact) mass is 382 g/mol. The highest BCUT2D eigenvalue weighted by Gasteiger charge is 2.30. The van der Waals surface area contributed by atoms with Crippen LogP contribution in [0.3, 0.4) is 0 Å². The molecule has 2 aliphatic carbocycles. The van der Waals surface area contributed by atoms with Gasteiger partial charge in [0, 0.05) is 49.7 Å². The van der Waals surface area contributed by atoms with Gasteiger partial charge in [-0.05, 0) is 44.9 Å². The molecule has 2 amide bonds. The van der Waals surface area contributed by atoms with Gasteiger partial charge in [0.25, 0.3) is 5.91 Å². The number of rotatable bonds is 4. The average molecular weight is 382 g/mol. The van der Waals surface area contributed by atoms with Gasteiger partial charge in [-0.3, -0.25) is 14.2 Å². The van der Waals surface area contributed by atoms with E-state index in [0.29, 0.717) is 11.6 Å². The number of aromatic nitrogens is 4. The summed E-state index contributed by atoms with van der Waals surface area (Å²) in [5.74, 6) is 0.607. The predicted molar refractivity (Wildman–Crippen MR) is 103 cm³/mol. The van der Waals surface area contributed by atoms with E-state index < -0.39 is 0 Å². The van der Waals surface area contributed by atoms with Gasteiger partial charge in [-0.25, -0.2) is 15.0 Å². The Kier molecular flexibility index (Phi) is 5.11. The molecule has 148 valence electrons. The Bertz CT molecular complexity index is 869. The maximum Gasteiger partial charge on any atom is 0.270 e. The lowest BCUT2D eigenvalue weighted by molar-refractivity contribution is -0.134. The Morgan fingerprint density at radius 1 is 1.14 bits per heavy atom. The number of hydrogen-bond donors (Lipinski definition) is 1. The number of carbonyl (C=O) groups is 2. The highest BCUT2D eigenvalue weighted by atomic mass is 16.2. The number of nitrogens with zero attached hydrogens (tertiary/aromatic N) is 5. The third-order valence-electron chi connectivity index (χ3n) is 5.72. The van der Waals surface area contributed by atoms with Crippen LogP contribution in [0.4, 0.5) is 0 Å². The molecule has 0 radical (unpaired) electrons. The lowest BCUT2D eigenvalue weighted by atomic mass is 9.85. The standard InChI is InChI=1S/C20H26N6O2/c1-25(2)19(28)13-6-8-14(9-7-13)22-18(27)17-15-4-3-5-16(15)23-20(24-17)26-11-10-21-12-26/h10-14H,3-9H2,1-2H3,(H,22,27). The Labute approximate surface area is 164 Å². The quantitative estimate of drug-likeness (QED) is 0.866. The van der Waals surface area contributed by atoms with Crippen LogP contribution in [0.5, 0.6) is 0 Å². The van der Waals surface area contributed by atoms with Crippen LogP contribution in [0.1, 0.15) is 53.8 Å². The second-order valence-electron chi connectivity index (χ2n) is 7.88. The molecule has 1 saturated carbocycles. The molecular formula is C20H26N6O2. The highest BCUT2D eigenvalue weighted by Crippen LogP contribution is 2.27. The Morgan fingerprint density at radius 3 is 2.61 bits per heavy atom. The number of hydrogen-bond acceptors (Lipinski definition) is 5. The van der Waals surface area contributed by atoms with Crippen molar-refractivity contribution in [3.05, 3.63) is 35.7 Å². The molecule has 0 aliphatic heterocycles. The van der Waals surface area contributed by atoms with E-state index >= 15 is 0 Å². The third-order valence-corrected chi connectivity index (χ3v) is 5.72. The maximum absolute atomic E-state index is 13.0. The van der Waals surface area contributed by atoms with Crippen molar-refractivity contribution >= 4 is 11.8 Å². The van der Waals surface area contributed by atoms with Gasteiger partial charge in [0.05, 0.1) is 0 Å². The molecule has 8 heteroatoms. The van der Waals surface area contributed by atoms with Gasteiger partial charge in [-0.2, -0.15) is 0 Å². The second kappa shape index (κ2) is 7.69. The minimum absolute atomic E-state index is 0.0688. The molecule has 0 atom stereocenters. The van der Waals surface area contributed by atoms with Crippen molar-refractivity contribution < 1.29 is 9.59 Å². The van der Waals surface area contributed by atoms with Crippen LogP contribution < -0.4 is 5.32 Å². The maximum atomic E-state index is 13.0. The molecule has 2 aliphatic rings. The fourth-order valence-corrected chi connectivity index (χ4v) is 4.20. The van der Waals surface area contributed by atoms with Gasteiger partial charge < -0.3 is 10.2 Å². The molecule has 0 bridgehead atoms. The van der Waals surface area contributed by atoms with Crippen LogP contribution >= 0.6 is 0 Å². The smallest absolute Gasteiger partial charge is 0.270 e. The minimum atomic E-state index is -0.135. The predicted octanol–water partition coefficient (Wildman–Crippen LogP) is 1.53. The molecule has 1 N–H and O–H groups in total. The zero-order valence-corrected chi connectivity index (χ0v) is 16.4. The number of carbonyl (C=O) groups excluding carboxylic acids is 2. The molecular weight excluding hydrogens is 356 g/mol. The molecule has 0 unspecified atom stereocenters. The molecule has 2 aromatic heterocycles. The van der Waals surface area contributed by atoms with E-state index in [4.69, 9.17) is 0 Å². The molecule has 0 spiro atoms. The molecule has 2 aromatic rings. The fourth-order valence-electron chi connectivity index (χ4n) is 4.20. The summed E-state index contributed by atoms with van der Waals surface area (Å²) in [5.41, 5.74) is 2.42. The SMILES string of the molecule is CN(C)C(=O)C1CCC(NC(=O)c2nc(-n3ccnc3)nc3c2CCC3)CC1. The summed E-state index contributed by atoms with van der Waals surface area (Å²) in [5, 5.41) is 3.15. The van der Waals surface area contributed by atoms with Crippen LogP contribution in [0, 0.1) is 5.92 Å². The summed E-state index contributed by atoms with van der Waals surface area (Å²) in [4.78, 5) is 40.0. The summed E-state index contributed by atoms with van der Waals surface area (Å²) < 4.78 is 1.73. The lowest BCUT2D eigenvalue weighted by Crippen LogP contribution is -2.41. The van der Waals surface area contributed by atoms with Crippen molar-refractivity contribution in [2.75, 3.05) is 14.1 Å². The number of nitrogens with one attached hydrogen (secondary N) is 1. The van der Waals surface area contributed by atoms with Crippen molar-refractivity contribution in [1.82, 2.24) is 29.7 Å². The molecule has 0 saturated heterocycles. The largest absolute Gasteiger partial charge is 0.349 e.